The van der Waals surface area contributed by atoms with Gasteiger partial charge >= 0.3 is 0 Å². The Bertz CT molecular complexity index is 995. The summed E-state index contributed by atoms with van der Waals surface area (Å²) in [5.41, 5.74) is 2.21. The van der Waals surface area contributed by atoms with E-state index in [4.69, 9.17) is 22.1 Å². The second kappa shape index (κ2) is 11.1. The average Bonchev–Trinajstić information content (AvgIpc) is 2.71. The number of benzene rings is 2. The first-order valence-corrected chi connectivity index (χ1v) is 12.0. The predicted molar refractivity (Wildman–Crippen MR) is 132 cm³/mol. The normalized spacial score (nSPS) is 18.8. The number of hydrogen-bond acceptors (Lipinski definition) is 5. The minimum absolute atomic E-state index is 0.0604. The number of ether oxygens (including phenoxy) is 2. The Labute approximate surface area is 206 Å². The summed E-state index contributed by atoms with van der Waals surface area (Å²) in [6, 6.07) is 8.89. The second-order valence-electron chi connectivity index (χ2n) is 9.55. The van der Waals surface area contributed by atoms with Crippen LogP contribution in [0.4, 0.5) is 8.78 Å². The van der Waals surface area contributed by atoms with Crippen molar-refractivity contribution in [2.45, 2.75) is 70.1 Å². The third-order valence-electron chi connectivity index (χ3n) is 5.83. The zero-order chi connectivity index (χ0) is 25.0. The van der Waals surface area contributed by atoms with E-state index < -0.39 is 23.3 Å². The van der Waals surface area contributed by atoms with Crippen LogP contribution in [0.15, 0.2) is 36.4 Å². The van der Waals surface area contributed by atoms with Crippen molar-refractivity contribution in [1.29, 1.82) is 0 Å². The number of carbonyl (C=O) groups is 1. The molecule has 1 aliphatic heterocycles. The maximum Gasteiger partial charge on any atom is 0.217 e. The number of amides is 1. The number of hydrogen-bond donors (Lipinski definition) is 3. The molecule has 0 saturated heterocycles. The summed E-state index contributed by atoms with van der Waals surface area (Å²) in [5.74, 6) is -0.735. The lowest BCUT2D eigenvalue weighted by molar-refractivity contribution is -0.119. The first kappa shape index (κ1) is 26.4. The van der Waals surface area contributed by atoms with Gasteiger partial charge in [0, 0.05) is 30.8 Å². The van der Waals surface area contributed by atoms with Crippen molar-refractivity contribution < 1.29 is 23.0 Å². The van der Waals surface area contributed by atoms with Crippen molar-refractivity contribution in [1.82, 2.24) is 10.6 Å². The van der Waals surface area contributed by atoms with Gasteiger partial charge in [-0.15, -0.1) is 0 Å². The van der Waals surface area contributed by atoms with E-state index in [1.165, 1.54) is 19.1 Å². The second-order valence-corrected chi connectivity index (χ2v) is 10.2. The third-order valence-corrected chi connectivity index (χ3v) is 6.38. The zero-order valence-corrected chi connectivity index (χ0v) is 21.2. The topological polar surface area (TPSA) is 59.6 Å². The molecule has 186 valence electrons. The smallest absolute Gasteiger partial charge is 0.217 e. The summed E-state index contributed by atoms with van der Waals surface area (Å²) in [5, 5.41) is 6.05. The molecular formula is C26H34F2N2O3S. The Hall–Kier alpha value is -2.16. The fraction of sp³-hybridized carbons (Fsp3) is 0.500. The molecule has 0 bridgehead atoms. The highest BCUT2D eigenvalue weighted by molar-refractivity contribution is 7.81. The third kappa shape index (κ3) is 6.93. The van der Waals surface area contributed by atoms with Crippen molar-refractivity contribution >= 4 is 18.5 Å². The lowest BCUT2D eigenvalue weighted by atomic mass is 9.86. The molecule has 0 fully saturated rings. The number of halogens is 2. The minimum Gasteiger partial charge on any atom is -0.491 e. The fourth-order valence-electron chi connectivity index (χ4n) is 4.28. The maximum absolute atomic E-state index is 13.7. The molecule has 1 unspecified atom stereocenters. The Morgan fingerprint density at radius 2 is 1.88 bits per heavy atom. The molecule has 0 aromatic heterocycles. The molecule has 2 aromatic carbocycles. The van der Waals surface area contributed by atoms with Crippen molar-refractivity contribution in [3.05, 3.63) is 64.7 Å². The number of rotatable bonds is 9. The Morgan fingerprint density at radius 3 is 2.50 bits per heavy atom. The molecule has 0 radical (unpaired) electrons. The van der Waals surface area contributed by atoms with Crippen LogP contribution in [0, 0.1) is 11.6 Å². The van der Waals surface area contributed by atoms with Crippen LogP contribution in [0.2, 0.25) is 0 Å². The van der Waals surface area contributed by atoms with Gasteiger partial charge in [0.2, 0.25) is 5.91 Å². The van der Waals surface area contributed by atoms with Gasteiger partial charge in [-0.3, -0.25) is 4.79 Å². The molecule has 2 aromatic rings. The van der Waals surface area contributed by atoms with Crippen LogP contribution in [0.5, 0.6) is 5.75 Å². The lowest BCUT2D eigenvalue weighted by Crippen LogP contribution is -2.47. The highest BCUT2D eigenvalue weighted by Crippen LogP contribution is 2.38. The molecular weight excluding hydrogens is 458 g/mol. The summed E-state index contributed by atoms with van der Waals surface area (Å²) in [7, 11) is 0. The largest absolute Gasteiger partial charge is 0.491 e. The molecule has 0 spiro atoms. The Balaban J connectivity index is 1.76. The van der Waals surface area contributed by atoms with Gasteiger partial charge in [0.1, 0.15) is 17.4 Å². The molecule has 0 saturated carbocycles. The van der Waals surface area contributed by atoms with Crippen molar-refractivity contribution in [2.24, 2.45) is 0 Å². The molecule has 1 heterocycles. The van der Waals surface area contributed by atoms with Crippen LogP contribution in [0.25, 0.3) is 0 Å². The zero-order valence-electron chi connectivity index (χ0n) is 20.3. The SMILES string of the molecule is CC(=O)N[C@@H](Cc1cc(F)cc(F)c1)[C@H](S)CNC1COC(C)(C)c2ccc(OC(C)C)cc21. The van der Waals surface area contributed by atoms with E-state index in [9.17, 15) is 13.6 Å². The van der Waals surface area contributed by atoms with Crippen LogP contribution in [0.1, 0.15) is 57.4 Å². The molecule has 5 nitrogen and oxygen atoms in total. The molecule has 1 aliphatic rings. The van der Waals surface area contributed by atoms with Crippen LogP contribution in [-0.2, 0) is 21.6 Å². The molecule has 0 aliphatic carbocycles. The van der Waals surface area contributed by atoms with E-state index in [0.29, 0.717) is 18.7 Å². The van der Waals surface area contributed by atoms with Gasteiger partial charge in [-0.1, -0.05) is 6.07 Å². The van der Waals surface area contributed by atoms with Crippen molar-refractivity contribution in [3.8, 4) is 5.75 Å². The number of nitrogens with one attached hydrogen (secondary N) is 2. The van der Waals surface area contributed by atoms with Gasteiger partial charge in [0.05, 0.1) is 24.4 Å². The van der Waals surface area contributed by atoms with Crippen LogP contribution < -0.4 is 15.4 Å². The summed E-state index contributed by atoms with van der Waals surface area (Å²) in [6.45, 7) is 10.4. The van der Waals surface area contributed by atoms with E-state index >= 15 is 0 Å². The van der Waals surface area contributed by atoms with E-state index in [1.807, 2.05) is 45.9 Å². The first-order chi connectivity index (χ1) is 15.9. The fourth-order valence-corrected chi connectivity index (χ4v) is 4.57. The minimum atomic E-state index is -0.650. The van der Waals surface area contributed by atoms with E-state index in [2.05, 4.69) is 10.6 Å². The van der Waals surface area contributed by atoms with Crippen molar-refractivity contribution in [2.75, 3.05) is 13.2 Å². The molecule has 2 N–H and O–H groups in total. The highest BCUT2D eigenvalue weighted by atomic mass is 32.1. The van der Waals surface area contributed by atoms with Gasteiger partial charge in [0.15, 0.2) is 0 Å². The van der Waals surface area contributed by atoms with E-state index in [-0.39, 0.29) is 29.7 Å². The Kier molecular flexibility index (Phi) is 8.60. The van der Waals surface area contributed by atoms with Gasteiger partial charge < -0.3 is 20.1 Å². The quantitative estimate of drug-likeness (QED) is 0.445. The lowest BCUT2D eigenvalue weighted by Gasteiger charge is -2.38. The van der Waals surface area contributed by atoms with E-state index in [1.54, 1.807) is 0 Å². The average molecular weight is 493 g/mol. The number of fused-ring (bicyclic) bond motifs is 1. The van der Waals surface area contributed by atoms with Gasteiger partial charge in [-0.05, 0) is 75.1 Å². The monoisotopic (exact) mass is 492 g/mol. The maximum atomic E-state index is 13.7. The molecule has 8 heteroatoms. The van der Waals surface area contributed by atoms with E-state index in [0.717, 1.165) is 22.9 Å². The first-order valence-electron chi connectivity index (χ1n) is 11.5. The molecule has 3 atom stereocenters. The number of thiol groups is 1. The van der Waals surface area contributed by atoms with Crippen LogP contribution >= 0.6 is 12.6 Å². The van der Waals surface area contributed by atoms with Gasteiger partial charge in [0.25, 0.3) is 0 Å². The van der Waals surface area contributed by atoms with Gasteiger partial charge in [-0.25, -0.2) is 8.78 Å². The summed E-state index contributed by atoms with van der Waals surface area (Å²) in [4.78, 5) is 11.8. The summed E-state index contributed by atoms with van der Waals surface area (Å²) in [6.07, 6.45) is 0.312. The number of carbonyl (C=O) groups excluding carboxylic acids is 1. The molecule has 34 heavy (non-hydrogen) atoms. The highest BCUT2D eigenvalue weighted by Gasteiger charge is 2.34. The Morgan fingerprint density at radius 1 is 1.21 bits per heavy atom. The summed E-state index contributed by atoms with van der Waals surface area (Å²) < 4.78 is 39.4. The van der Waals surface area contributed by atoms with Crippen LogP contribution in [-0.4, -0.2) is 36.5 Å². The molecule has 3 rings (SSSR count). The predicted octanol–water partition coefficient (Wildman–Crippen LogP) is 4.69. The van der Waals surface area contributed by atoms with Crippen molar-refractivity contribution in [3.63, 3.8) is 0 Å². The van der Waals surface area contributed by atoms with Crippen LogP contribution in [0.3, 0.4) is 0 Å². The standard InChI is InChI=1S/C26H34F2N2O3S/c1-15(2)33-20-6-7-22-21(12-20)24(14-32-26(22,4)5)29-13-25(34)23(30-16(3)31)10-17-8-18(27)11-19(28)9-17/h6-9,11-12,15,23-25,29,34H,10,13-14H2,1-5H3,(H,30,31)/t23-,24?,25+/m0/s1. The van der Waals surface area contributed by atoms with Gasteiger partial charge in [-0.2, -0.15) is 12.6 Å². The molecule has 1 amide bonds. The summed E-state index contributed by atoms with van der Waals surface area (Å²) >= 11 is 4.72.